The fraction of sp³-hybridized carbons (Fsp3) is 0.909. The van der Waals surface area contributed by atoms with Crippen LogP contribution in [0.3, 0.4) is 0 Å². The molecule has 0 bridgehead atoms. The molecule has 0 aliphatic carbocycles. The van der Waals surface area contributed by atoms with Crippen LogP contribution in [0.5, 0.6) is 0 Å². The molecule has 2 saturated heterocycles. The molecule has 2 N–H and O–H groups in total. The number of nitrogens with zero attached hydrogens (tertiary/aromatic N) is 1. The van der Waals surface area contributed by atoms with Gasteiger partial charge >= 0.3 is 6.03 Å². The summed E-state index contributed by atoms with van der Waals surface area (Å²) in [6.45, 7) is 4.01. The lowest BCUT2D eigenvalue weighted by Gasteiger charge is -2.21. The molecular weight excluding hydrogens is 190 g/mol. The highest BCUT2D eigenvalue weighted by molar-refractivity contribution is 5.74. The van der Waals surface area contributed by atoms with Gasteiger partial charge < -0.3 is 15.5 Å². The van der Waals surface area contributed by atoms with Gasteiger partial charge in [-0.3, -0.25) is 0 Å². The molecule has 2 fully saturated rings. The quantitative estimate of drug-likeness (QED) is 0.678. The maximum Gasteiger partial charge on any atom is 0.317 e. The molecule has 2 aliphatic rings. The second kappa shape index (κ2) is 5.35. The Morgan fingerprint density at radius 2 is 1.93 bits per heavy atom. The molecule has 1 atom stereocenters. The Labute approximate surface area is 91.4 Å². The Morgan fingerprint density at radius 1 is 1.13 bits per heavy atom. The van der Waals surface area contributed by atoms with Crippen molar-refractivity contribution in [3.05, 3.63) is 0 Å². The van der Waals surface area contributed by atoms with Gasteiger partial charge in [-0.05, 0) is 45.2 Å². The highest BCUT2D eigenvalue weighted by atomic mass is 16.2. The van der Waals surface area contributed by atoms with E-state index in [1.807, 2.05) is 4.90 Å². The number of urea groups is 1. The van der Waals surface area contributed by atoms with Crippen LogP contribution < -0.4 is 10.6 Å². The summed E-state index contributed by atoms with van der Waals surface area (Å²) in [5.74, 6) is 0. The summed E-state index contributed by atoms with van der Waals surface area (Å²) in [6, 6.07) is 0.535. The molecular formula is C11H21N3O. The lowest BCUT2D eigenvalue weighted by atomic mass is 10.1. The molecule has 2 heterocycles. The first kappa shape index (κ1) is 10.7. The normalized spacial score (nSPS) is 27.5. The van der Waals surface area contributed by atoms with E-state index in [0.717, 1.165) is 39.0 Å². The summed E-state index contributed by atoms with van der Waals surface area (Å²) < 4.78 is 0. The first-order valence-corrected chi connectivity index (χ1v) is 6.12. The molecule has 0 aromatic rings. The Morgan fingerprint density at radius 3 is 2.73 bits per heavy atom. The van der Waals surface area contributed by atoms with E-state index in [4.69, 9.17) is 0 Å². The fourth-order valence-corrected chi connectivity index (χ4v) is 2.35. The third-order valence-corrected chi connectivity index (χ3v) is 3.30. The van der Waals surface area contributed by atoms with Crippen molar-refractivity contribution < 1.29 is 4.79 Å². The van der Waals surface area contributed by atoms with E-state index in [2.05, 4.69) is 10.6 Å². The predicted molar refractivity (Wildman–Crippen MR) is 59.8 cm³/mol. The second-order valence-corrected chi connectivity index (χ2v) is 4.52. The molecule has 15 heavy (non-hydrogen) atoms. The Kier molecular flexibility index (Phi) is 3.83. The van der Waals surface area contributed by atoms with Crippen molar-refractivity contribution >= 4 is 6.03 Å². The SMILES string of the molecule is O=C(NC1CCCNCC1)N1CCCC1. The maximum atomic E-state index is 11.8. The molecule has 4 nitrogen and oxygen atoms in total. The second-order valence-electron chi connectivity index (χ2n) is 4.52. The number of amides is 2. The summed E-state index contributed by atoms with van der Waals surface area (Å²) in [5, 5.41) is 6.50. The minimum absolute atomic E-state index is 0.152. The van der Waals surface area contributed by atoms with Crippen LogP contribution in [-0.4, -0.2) is 43.2 Å². The zero-order chi connectivity index (χ0) is 10.5. The highest BCUT2D eigenvalue weighted by Gasteiger charge is 2.21. The largest absolute Gasteiger partial charge is 0.335 e. The van der Waals surface area contributed by atoms with Crippen molar-refractivity contribution in [1.29, 1.82) is 0 Å². The zero-order valence-corrected chi connectivity index (χ0v) is 9.30. The third-order valence-electron chi connectivity index (χ3n) is 3.30. The van der Waals surface area contributed by atoms with E-state index in [1.54, 1.807) is 0 Å². The molecule has 0 aromatic carbocycles. The van der Waals surface area contributed by atoms with Crippen LogP contribution in [0.2, 0.25) is 0 Å². The maximum absolute atomic E-state index is 11.8. The van der Waals surface area contributed by atoms with Crippen molar-refractivity contribution in [2.24, 2.45) is 0 Å². The van der Waals surface area contributed by atoms with Crippen molar-refractivity contribution in [2.45, 2.75) is 38.1 Å². The number of hydrogen-bond acceptors (Lipinski definition) is 2. The first-order chi connectivity index (χ1) is 7.36. The Bertz CT molecular complexity index is 206. The molecule has 0 radical (unpaired) electrons. The molecule has 2 rings (SSSR count). The lowest BCUT2D eigenvalue weighted by Crippen LogP contribution is -2.43. The van der Waals surface area contributed by atoms with Crippen LogP contribution in [0.25, 0.3) is 0 Å². The molecule has 0 aromatic heterocycles. The molecule has 86 valence electrons. The topological polar surface area (TPSA) is 44.4 Å². The van der Waals surface area contributed by atoms with Crippen LogP contribution in [0.1, 0.15) is 32.1 Å². The highest BCUT2D eigenvalue weighted by Crippen LogP contribution is 2.10. The smallest absolute Gasteiger partial charge is 0.317 e. The van der Waals surface area contributed by atoms with Gasteiger partial charge in [-0.1, -0.05) is 0 Å². The molecule has 0 saturated carbocycles. The van der Waals surface area contributed by atoms with Gasteiger partial charge in [0.05, 0.1) is 0 Å². The number of carbonyl (C=O) groups is 1. The Hall–Kier alpha value is -0.770. The molecule has 4 heteroatoms. The van der Waals surface area contributed by atoms with Crippen LogP contribution in [0.4, 0.5) is 4.79 Å². The van der Waals surface area contributed by atoms with Gasteiger partial charge in [-0.2, -0.15) is 0 Å². The monoisotopic (exact) mass is 211 g/mol. The van der Waals surface area contributed by atoms with Gasteiger partial charge in [0.2, 0.25) is 0 Å². The van der Waals surface area contributed by atoms with Gasteiger partial charge in [0, 0.05) is 19.1 Å². The van der Waals surface area contributed by atoms with E-state index < -0.39 is 0 Å². The van der Waals surface area contributed by atoms with E-state index in [0.29, 0.717) is 6.04 Å². The van der Waals surface area contributed by atoms with Gasteiger partial charge in [-0.15, -0.1) is 0 Å². The van der Waals surface area contributed by atoms with E-state index >= 15 is 0 Å². The molecule has 2 amide bonds. The zero-order valence-electron chi connectivity index (χ0n) is 9.30. The van der Waals surface area contributed by atoms with Crippen molar-refractivity contribution in [3.8, 4) is 0 Å². The van der Waals surface area contributed by atoms with E-state index in [1.165, 1.54) is 19.3 Å². The van der Waals surface area contributed by atoms with Gasteiger partial charge in [0.25, 0.3) is 0 Å². The number of carbonyl (C=O) groups excluding carboxylic acids is 1. The van der Waals surface area contributed by atoms with Crippen molar-refractivity contribution in [1.82, 2.24) is 15.5 Å². The number of hydrogen-bond donors (Lipinski definition) is 2. The number of likely N-dealkylation sites (tertiary alicyclic amines) is 1. The molecule has 1 unspecified atom stereocenters. The Balaban J connectivity index is 1.76. The fourth-order valence-electron chi connectivity index (χ4n) is 2.35. The van der Waals surface area contributed by atoms with Gasteiger partial charge in [0.15, 0.2) is 0 Å². The first-order valence-electron chi connectivity index (χ1n) is 6.12. The minimum atomic E-state index is 0.152. The predicted octanol–water partition coefficient (Wildman–Crippen LogP) is 0.934. The van der Waals surface area contributed by atoms with Crippen molar-refractivity contribution in [2.75, 3.05) is 26.2 Å². The third kappa shape index (κ3) is 3.09. The van der Waals surface area contributed by atoms with Crippen LogP contribution >= 0.6 is 0 Å². The minimum Gasteiger partial charge on any atom is -0.335 e. The van der Waals surface area contributed by atoms with Crippen LogP contribution in [0, 0.1) is 0 Å². The van der Waals surface area contributed by atoms with Gasteiger partial charge in [0.1, 0.15) is 0 Å². The lowest BCUT2D eigenvalue weighted by molar-refractivity contribution is 0.203. The average Bonchev–Trinajstić information content (AvgIpc) is 2.65. The average molecular weight is 211 g/mol. The molecule has 2 aliphatic heterocycles. The summed E-state index contributed by atoms with van der Waals surface area (Å²) in [6.07, 6.45) is 5.69. The van der Waals surface area contributed by atoms with E-state index in [-0.39, 0.29) is 6.03 Å². The summed E-state index contributed by atoms with van der Waals surface area (Å²) >= 11 is 0. The van der Waals surface area contributed by atoms with Gasteiger partial charge in [-0.25, -0.2) is 4.79 Å². The van der Waals surface area contributed by atoms with Crippen LogP contribution in [0.15, 0.2) is 0 Å². The summed E-state index contributed by atoms with van der Waals surface area (Å²) in [5.41, 5.74) is 0. The number of rotatable bonds is 1. The van der Waals surface area contributed by atoms with Crippen molar-refractivity contribution in [3.63, 3.8) is 0 Å². The standard InChI is InChI=1S/C11H21N3O/c15-11(14-8-1-2-9-14)13-10-4-3-6-12-7-5-10/h10,12H,1-9H2,(H,13,15). The van der Waals surface area contributed by atoms with E-state index in [9.17, 15) is 4.79 Å². The number of nitrogens with one attached hydrogen (secondary N) is 2. The molecule has 0 spiro atoms. The van der Waals surface area contributed by atoms with Crippen LogP contribution in [-0.2, 0) is 0 Å². The summed E-state index contributed by atoms with van der Waals surface area (Å²) in [7, 11) is 0. The summed E-state index contributed by atoms with van der Waals surface area (Å²) in [4.78, 5) is 13.8.